The van der Waals surface area contributed by atoms with Gasteiger partial charge in [0.1, 0.15) is 17.4 Å². The van der Waals surface area contributed by atoms with Gasteiger partial charge >= 0.3 is 5.97 Å². The number of methoxy groups -OCH3 is 1. The Hall–Kier alpha value is -3.61. The number of carbonyl (C=O) groups is 1. The zero-order valence-corrected chi connectivity index (χ0v) is 21.8. The summed E-state index contributed by atoms with van der Waals surface area (Å²) < 4.78 is 4.99. The van der Waals surface area contributed by atoms with E-state index in [0.29, 0.717) is 25.2 Å². The van der Waals surface area contributed by atoms with Crippen molar-refractivity contribution in [3.05, 3.63) is 86.2 Å². The maximum atomic E-state index is 12.8. The average molecular weight is 492 g/mol. The molecular weight excluding hydrogens is 454 g/mol. The van der Waals surface area contributed by atoms with Crippen molar-refractivity contribution in [2.75, 3.05) is 42.9 Å². The second kappa shape index (κ2) is 12.9. The highest BCUT2D eigenvalue weighted by molar-refractivity contribution is 5.84. The lowest BCUT2D eigenvalue weighted by Crippen LogP contribution is -2.46. The average Bonchev–Trinajstić information content (AvgIpc) is 2.90. The Labute approximate surface area is 213 Å². The molecule has 0 bridgehead atoms. The smallest absolute Gasteiger partial charge is 0.328 e. The fourth-order valence-electron chi connectivity index (χ4n) is 4.29. The van der Waals surface area contributed by atoms with Gasteiger partial charge in [0.05, 0.1) is 7.11 Å². The molecule has 192 valence electrons. The number of nitrogens with one attached hydrogen (secondary N) is 1. The molecule has 7 heteroatoms. The number of esters is 1. The fraction of sp³-hybridized carbons (Fsp3) is 0.414. The summed E-state index contributed by atoms with van der Waals surface area (Å²) in [6, 6.07) is 16.9. The van der Waals surface area contributed by atoms with Crippen molar-refractivity contribution in [3.63, 3.8) is 0 Å². The van der Waals surface area contributed by atoms with E-state index in [1.807, 2.05) is 78.5 Å². The molecule has 0 amide bonds. The van der Waals surface area contributed by atoms with Crippen LogP contribution >= 0.6 is 0 Å². The molecule has 0 radical (unpaired) electrons. The highest BCUT2D eigenvalue weighted by Crippen LogP contribution is 2.25. The molecule has 0 saturated heterocycles. The van der Waals surface area contributed by atoms with E-state index in [9.17, 15) is 14.4 Å². The van der Waals surface area contributed by atoms with Crippen LogP contribution in [-0.2, 0) is 22.5 Å². The minimum Gasteiger partial charge on any atom is -0.467 e. The number of carbonyl (C=O) groups excluding carboxylic acids is 1. The first-order valence-electron chi connectivity index (χ1n) is 12.6. The van der Waals surface area contributed by atoms with Gasteiger partial charge in [-0.05, 0) is 29.7 Å². The van der Waals surface area contributed by atoms with Gasteiger partial charge in [-0.1, -0.05) is 68.7 Å². The van der Waals surface area contributed by atoms with Crippen LogP contribution in [0.3, 0.4) is 0 Å². The topological polar surface area (TPSA) is 79.0 Å². The molecule has 0 aliphatic carbocycles. The van der Waals surface area contributed by atoms with Crippen molar-refractivity contribution in [1.29, 1.82) is 0 Å². The number of rotatable bonds is 14. The Bertz CT molecular complexity index is 1180. The van der Waals surface area contributed by atoms with Crippen LogP contribution in [0.15, 0.2) is 64.2 Å². The number of hydrogen-bond acceptors (Lipinski definition) is 7. The van der Waals surface area contributed by atoms with E-state index in [1.54, 1.807) is 0 Å². The summed E-state index contributed by atoms with van der Waals surface area (Å²) in [4.78, 5) is 42.0. The van der Waals surface area contributed by atoms with Crippen LogP contribution in [0.4, 0.5) is 17.1 Å². The van der Waals surface area contributed by atoms with Gasteiger partial charge in [0.25, 0.3) is 10.9 Å². The predicted molar refractivity (Wildman–Crippen MR) is 147 cm³/mol. The van der Waals surface area contributed by atoms with E-state index in [-0.39, 0.29) is 5.69 Å². The van der Waals surface area contributed by atoms with Gasteiger partial charge in [0.2, 0.25) is 0 Å². The predicted octanol–water partition coefficient (Wildman–Crippen LogP) is 4.13. The summed E-state index contributed by atoms with van der Waals surface area (Å²) in [7, 11) is 5.30. The van der Waals surface area contributed by atoms with Crippen LogP contribution < -0.4 is 26.0 Å². The second-order valence-electron chi connectivity index (χ2n) is 9.33. The number of benzene rings is 2. The maximum absolute atomic E-state index is 12.8. The van der Waals surface area contributed by atoms with E-state index in [0.717, 1.165) is 42.5 Å². The number of ether oxygens (including phenoxy) is 1. The van der Waals surface area contributed by atoms with Crippen molar-refractivity contribution in [3.8, 4) is 0 Å². The summed E-state index contributed by atoms with van der Waals surface area (Å²) >= 11 is 0. The molecule has 3 aromatic carbocycles. The third-order valence-corrected chi connectivity index (χ3v) is 6.40. The molecule has 0 aromatic heterocycles. The zero-order valence-electron chi connectivity index (χ0n) is 21.8. The zero-order chi connectivity index (χ0) is 26.1. The van der Waals surface area contributed by atoms with Crippen molar-refractivity contribution in [2.45, 2.75) is 51.6 Å². The van der Waals surface area contributed by atoms with E-state index in [4.69, 9.17) is 4.74 Å². The third-order valence-electron chi connectivity index (χ3n) is 6.40. The van der Waals surface area contributed by atoms with Gasteiger partial charge in [0.15, 0.2) is 0 Å². The Morgan fingerprint density at radius 1 is 0.917 bits per heavy atom. The Morgan fingerprint density at radius 3 is 2.22 bits per heavy atom. The molecule has 0 saturated carbocycles. The SMILES string of the molecule is CCCCCCN(Cc1ccc(N(C)C)cc1)c1c(N[C@@H](Cc2ccccc2)C(=O)OC)c(=O)c1=O. The maximum Gasteiger partial charge on any atom is 0.328 e. The highest BCUT2D eigenvalue weighted by atomic mass is 16.5. The van der Waals surface area contributed by atoms with Crippen molar-refractivity contribution in [2.24, 2.45) is 0 Å². The van der Waals surface area contributed by atoms with Crippen LogP contribution in [0.2, 0.25) is 0 Å². The molecule has 1 N–H and O–H groups in total. The highest BCUT2D eigenvalue weighted by Gasteiger charge is 2.30. The van der Waals surface area contributed by atoms with E-state index in [2.05, 4.69) is 12.2 Å². The molecule has 7 nitrogen and oxygen atoms in total. The van der Waals surface area contributed by atoms with Gasteiger partial charge in [-0.3, -0.25) is 9.59 Å². The Kier molecular flexibility index (Phi) is 9.68. The quantitative estimate of drug-likeness (QED) is 0.206. The molecule has 3 rings (SSSR count). The molecule has 36 heavy (non-hydrogen) atoms. The van der Waals surface area contributed by atoms with Gasteiger partial charge in [-0.25, -0.2) is 4.79 Å². The van der Waals surface area contributed by atoms with Crippen LogP contribution in [0.1, 0.15) is 43.7 Å². The minimum absolute atomic E-state index is 0.201. The Morgan fingerprint density at radius 2 is 1.61 bits per heavy atom. The number of nitrogens with zero attached hydrogens (tertiary/aromatic N) is 2. The molecule has 0 unspecified atom stereocenters. The minimum atomic E-state index is -0.777. The monoisotopic (exact) mass is 491 g/mol. The lowest BCUT2D eigenvalue weighted by Gasteiger charge is -2.29. The summed E-state index contributed by atoms with van der Waals surface area (Å²) in [5.74, 6) is -0.480. The number of anilines is 3. The normalized spacial score (nSPS) is 11.8. The summed E-state index contributed by atoms with van der Waals surface area (Å²) in [6.45, 7) is 3.31. The molecule has 1 atom stereocenters. The van der Waals surface area contributed by atoms with Crippen LogP contribution in [0.25, 0.3) is 0 Å². The van der Waals surface area contributed by atoms with E-state index >= 15 is 0 Å². The lowest BCUT2D eigenvalue weighted by atomic mass is 10.0. The Balaban J connectivity index is 1.87. The molecule has 0 aliphatic heterocycles. The second-order valence-corrected chi connectivity index (χ2v) is 9.33. The van der Waals surface area contributed by atoms with Crippen LogP contribution in [-0.4, -0.2) is 39.8 Å². The molecule has 0 heterocycles. The summed E-state index contributed by atoms with van der Waals surface area (Å²) in [6.07, 6.45) is 4.52. The van der Waals surface area contributed by atoms with Crippen molar-refractivity contribution < 1.29 is 9.53 Å². The molecule has 0 spiro atoms. The standard InChI is InChI=1S/C29H37N3O4/c1-5-6-7-11-18-32(20-22-14-16-23(17-15-22)31(2)3)26-25(27(33)28(26)34)30-24(29(35)36-4)19-21-12-9-8-10-13-21/h8-10,12-17,24,30H,5-7,11,18-20H2,1-4H3/t24-/m0/s1. The number of hydrogen-bond donors (Lipinski definition) is 1. The molecule has 0 aliphatic rings. The summed E-state index contributed by atoms with van der Waals surface area (Å²) in [5.41, 5.74) is 2.52. The number of unbranched alkanes of at least 4 members (excludes halogenated alkanes) is 3. The third kappa shape index (κ3) is 6.74. The molecule has 3 aromatic rings. The van der Waals surface area contributed by atoms with Gasteiger partial charge < -0.3 is 19.9 Å². The molecule has 0 fully saturated rings. The van der Waals surface area contributed by atoms with Gasteiger partial charge in [0, 0.05) is 39.3 Å². The van der Waals surface area contributed by atoms with Gasteiger partial charge in [-0.15, -0.1) is 0 Å². The van der Waals surface area contributed by atoms with E-state index in [1.165, 1.54) is 7.11 Å². The first kappa shape index (κ1) is 27.0. The van der Waals surface area contributed by atoms with E-state index < -0.39 is 22.9 Å². The van der Waals surface area contributed by atoms with Crippen molar-refractivity contribution in [1.82, 2.24) is 0 Å². The first-order chi connectivity index (χ1) is 17.3. The fourth-order valence-corrected chi connectivity index (χ4v) is 4.29. The lowest BCUT2D eigenvalue weighted by molar-refractivity contribution is -0.141. The van der Waals surface area contributed by atoms with Gasteiger partial charge in [-0.2, -0.15) is 0 Å². The van der Waals surface area contributed by atoms with Crippen LogP contribution in [0.5, 0.6) is 0 Å². The molecular formula is C29H37N3O4. The van der Waals surface area contributed by atoms with Crippen molar-refractivity contribution >= 4 is 23.0 Å². The summed E-state index contributed by atoms with van der Waals surface area (Å²) in [5, 5.41) is 3.06. The largest absolute Gasteiger partial charge is 0.467 e. The van der Waals surface area contributed by atoms with Crippen LogP contribution in [0, 0.1) is 0 Å². The first-order valence-corrected chi connectivity index (χ1v) is 12.6.